The second-order valence-electron chi connectivity index (χ2n) is 5.49. The molecule has 1 aliphatic heterocycles. The molecular formula is C17H24N2O3. The Morgan fingerprint density at radius 2 is 1.86 bits per heavy atom. The molecule has 120 valence electrons. The second kappa shape index (κ2) is 8.41. The van der Waals surface area contributed by atoms with Gasteiger partial charge in [0, 0.05) is 19.5 Å². The third-order valence-corrected chi connectivity index (χ3v) is 3.82. The second-order valence-corrected chi connectivity index (χ2v) is 5.49. The predicted octanol–water partition coefficient (Wildman–Crippen LogP) is 2.36. The van der Waals surface area contributed by atoms with Crippen molar-refractivity contribution >= 4 is 12.0 Å². The monoisotopic (exact) mass is 304 g/mol. The van der Waals surface area contributed by atoms with Crippen LogP contribution < -0.4 is 5.32 Å². The highest BCUT2D eigenvalue weighted by Gasteiger charge is 2.27. The molecule has 0 spiro atoms. The van der Waals surface area contributed by atoms with Gasteiger partial charge in [0.15, 0.2) is 0 Å². The maximum atomic E-state index is 12.7. The van der Waals surface area contributed by atoms with E-state index in [4.69, 9.17) is 4.74 Å². The Balaban J connectivity index is 2.05. The summed E-state index contributed by atoms with van der Waals surface area (Å²) >= 11 is 0. The summed E-state index contributed by atoms with van der Waals surface area (Å²) in [6.45, 7) is 3.59. The molecule has 0 aliphatic carbocycles. The van der Waals surface area contributed by atoms with Crippen LogP contribution in [0.5, 0.6) is 0 Å². The molecule has 22 heavy (non-hydrogen) atoms. The molecule has 1 heterocycles. The highest BCUT2D eigenvalue weighted by molar-refractivity contribution is 5.86. The number of piperidine rings is 1. The number of amides is 2. The SMILES string of the molecule is CCOC(=O)N[C@@H](Cc1ccccc1)C(=O)N1CCCCC1. The molecule has 1 N–H and O–H groups in total. The van der Waals surface area contributed by atoms with E-state index in [1.807, 2.05) is 35.2 Å². The molecule has 0 bridgehead atoms. The highest BCUT2D eigenvalue weighted by Crippen LogP contribution is 2.12. The van der Waals surface area contributed by atoms with Gasteiger partial charge in [-0.2, -0.15) is 0 Å². The number of carbonyl (C=O) groups is 2. The summed E-state index contributed by atoms with van der Waals surface area (Å²) < 4.78 is 4.93. The van der Waals surface area contributed by atoms with Crippen LogP contribution in [0.1, 0.15) is 31.7 Å². The van der Waals surface area contributed by atoms with Crippen LogP contribution in [0, 0.1) is 0 Å². The van der Waals surface area contributed by atoms with Gasteiger partial charge in [-0.1, -0.05) is 30.3 Å². The fraction of sp³-hybridized carbons (Fsp3) is 0.529. The van der Waals surface area contributed by atoms with E-state index in [1.165, 1.54) is 6.42 Å². The summed E-state index contributed by atoms with van der Waals surface area (Å²) in [4.78, 5) is 26.3. The first kappa shape index (κ1) is 16.3. The van der Waals surface area contributed by atoms with Crippen molar-refractivity contribution in [2.24, 2.45) is 0 Å². The van der Waals surface area contributed by atoms with Crippen LogP contribution in [0.4, 0.5) is 4.79 Å². The number of ether oxygens (including phenoxy) is 1. The first-order valence-electron chi connectivity index (χ1n) is 7.96. The highest BCUT2D eigenvalue weighted by atomic mass is 16.5. The number of nitrogens with one attached hydrogen (secondary N) is 1. The molecule has 0 aromatic heterocycles. The van der Waals surface area contributed by atoms with Crippen molar-refractivity contribution in [1.82, 2.24) is 10.2 Å². The van der Waals surface area contributed by atoms with Crippen molar-refractivity contribution in [3.05, 3.63) is 35.9 Å². The van der Waals surface area contributed by atoms with Crippen LogP contribution in [0.25, 0.3) is 0 Å². The van der Waals surface area contributed by atoms with E-state index in [2.05, 4.69) is 5.32 Å². The number of hydrogen-bond donors (Lipinski definition) is 1. The predicted molar refractivity (Wildman–Crippen MR) is 84.5 cm³/mol. The summed E-state index contributed by atoms with van der Waals surface area (Å²) in [6.07, 6.45) is 3.17. The minimum absolute atomic E-state index is 0.0170. The summed E-state index contributed by atoms with van der Waals surface area (Å²) in [5.74, 6) is -0.0170. The number of benzene rings is 1. The largest absolute Gasteiger partial charge is 0.450 e. The maximum absolute atomic E-state index is 12.7. The van der Waals surface area contributed by atoms with Gasteiger partial charge in [-0.15, -0.1) is 0 Å². The van der Waals surface area contributed by atoms with Crippen LogP contribution in [0.2, 0.25) is 0 Å². The fourth-order valence-corrected chi connectivity index (χ4v) is 2.70. The smallest absolute Gasteiger partial charge is 0.407 e. The summed E-state index contributed by atoms with van der Waals surface area (Å²) in [7, 11) is 0. The van der Waals surface area contributed by atoms with Crippen LogP contribution in [-0.2, 0) is 16.0 Å². The van der Waals surface area contributed by atoms with Crippen molar-refractivity contribution in [2.45, 2.75) is 38.6 Å². The lowest BCUT2D eigenvalue weighted by molar-refractivity contribution is -0.134. The third kappa shape index (κ3) is 4.76. The van der Waals surface area contributed by atoms with E-state index < -0.39 is 12.1 Å². The quantitative estimate of drug-likeness (QED) is 0.908. The lowest BCUT2D eigenvalue weighted by Gasteiger charge is -2.30. The van der Waals surface area contributed by atoms with Gasteiger partial charge in [0.2, 0.25) is 5.91 Å². The normalized spacial score (nSPS) is 16.0. The number of alkyl carbamates (subject to hydrolysis) is 1. The number of hydrogen-bond acceptors (Lipinski definition) is 3. The van der Waals surface area contributed by atoms with E-state index in [1.54, 1.807) is 6.92 Å². The fourth-order valence-electron chi connectivity index (χ4n) is 2.70. The van der Waals surface area contributed by atoms with E-state index >= 15 is 0 Å². The average molecular weight is 304 g/mol. The van der Waals surface area contributed by atoms with Gasteiger partial charge in [-0.05, 0) is 31.7 Å². The molecule has 0 radical (unpaired) electrons. The van der Waals surface area contributed by atoms with Gasteiger partial charge in [0.1, 0.15) is 6.04 Å². The van der Waals surface area contributed by atoms with Crippen LogP contribution in [-0.4, -0.2) is 42.6 Å². The zero-order valence-corrected chi connectivity index (χ0v) is 13.1. The van der Waals surface area contributed by atoms with Crippen molar-refractivity contribution in [3.8, 4) is 0 Å². The molecule has 1 aliphatic rings. The minimum Gasteiger partial charge on any atom is -0.450 e. The maximum Gasteiger partial charge on any atom is 0.407 e. The summed E-state index contributed by atoms with van der Waals surface area (Å²) in [6, 6.07) is 9.15. The van der Waals surface area contributed by atoms with Gasteiger partial charge in [-0.25, -0.2) is 4.79 Å². The van der Waals surface area contributed by atoms with E-state index in [-0.39, 0.29) is 5.91 Å². The summed E-state index contributed by atoms with van der Waals surface area (Å²) in [5.41, 5.74) is 1.02. The lowest BCUT2D eigenvalue weighted by Crippen LogP contribution is -2.51. The van der Waals surface area contributed by atoms with Gasteiger partial charge >= 0.3 is 6.09 Å². The molecule has 2 rings (SSSR count). The third-order valence-electron chi connectivity index (χ3n) is 3.82. The molecular weight excluding hydrogens is 280 g/mol. The molecule has 1 fully saturated rings. The first-order chi connectivity index (χ1) is 10.7. The molecule has 5 heteroatoms. The number of rotatable bonds is 5. The van der Waals surface area contributed by atoms with Crippen molar-refractivity contribution in [3.63, 3.8) is 0 Å². The molecule has 1 aromatic carbocycles. The Labute approximate surface area is 131 Å². The average Bonchev–Trinajstić information content (AvgIpc) is 2.55. The molecule has 1 aromatic rings. The Morgan fingerprint density at radius 1 is 1.18 bits per heavy atom. The van der Waals surface area contributed by atoms with E-state index in [9.17, 15) is 9.59 Å². The standard InChI is InChI=1S/C17H24N2O3/c1-2-22-17(21)18-15(13-14-9-5-3-6-10-14)16(20)19-11-7-4-8-12-19/h3,5-6,9-10,15H,2,4,7-8,11-13H2,1H3,(H,18,21)/t15-/m0/s1. The molecule has 5 nitrogen and oxygen atoms in total. The van der Waals surface area contributed by atoms with Crippen molar-refractivity contribution in [1.29, 1.82) is 0 Å². The summed E-state index contributed by atoms with van der Waals surface area (Å²) in [5, 5.41) is 2.71. The molecule has 0 saturated carbocycles. The molecule has 0 unspecified atom stereocenters. The van der Waals surface area contributed by atoms with E-state index in [0.29, 0.717) is 13.0 Å². The molecule has 2 amide bonds. The number of carbonyl (C=O) groups excluding carboxylic acids is 2. The van der Waals surface area contributed by atoms with Gasteiger partial charge in [0.25, 0.3) is 0 Å². The van der Waals surface area contributed by atoms with Gasteiger partial charge in [0.05, 0.1) is 6.61 Å². The molecule has 1 saturated heterocycles. The molecule has 1 atom stereocenters. The number of likely N-dealkylation sites (tertiary alicyclic amines) is 1. The Bertz CT molecular complexity index is 484. The van der Waals surface area contributed by atoms with Crippen LogP contribution >= 0.6 is 0 Å². The van der Waals surface area contributed by atoms with Crippen molar-refractivity contribution < 1.29 is 14.3 Å². The van der Waals surface area contributed by atoms with Gasteiger partial charge < -0.3 is 15.0 Å². The zero-order chi connectivity index (χ0) is 15.8. The first-order valence-corrected chi connectivity index (χ1v) is 7.96. The van der Waals surface area contributed by atoms with Gasteiger partial charge in [-0.3, -0.25) is 4.79 Å². The Hall–Kier alpha value is -2.04. The van der Waals surface area contributed by atoms with E-state index in [0.717, 1.165) is 31.5 Å². The zero-order valence-electron chi connectivity index (χ0n) is 13.1. The topological polar surface area (TPSA) is 58.6 Å². The van der Waals surface area contributed by atoms with Crippen LogP contribution in [0.3, 0.4) is 0 Å². The minimum atomic E-state index is -0.570. The number of nitrogens with zero attached hydrogens (tertiary/aromatic N) is 1. The Morgan fingerprint density at radius 3 is 2.50 bits per heavy atom. The lowest BCUT2D eigenvalue weighted by atomic mass is 10.0. The van der Waals surface area contributed by atoms with Crippen LogP contribution in [0.15, 0.2) is 30.3 Å². The Kier molecular flexibility index (Phi) is 6.25. The van der Waals surface area contributed by atoms with Crippen molar-refractivity contribution in [2.75, 3.05) is 19.7 Å².